The fraction of sp³-hybridized carbons (Fsp3) is 0.0833. The molecule has 5 heteroatoms. The van der Waals surface area contributed by atoms with Crippen LogP contribution in [0.4, 0.5) is 0 Å². The fourth-order valence-electron chi connectivity index (χ4n) is 2.94. The number of carbonyl (C=O) groups is 2. The number of allylic oxidation sites excluding steroid dienone is 1. The highest BCUT2D eigenvalue weighted by atomic mass is 79.9. The Kier molecular flexibility index (Phi) is 5.32. The van der Waals surface area contributed by atoms with Crippen LogP contribution in [0.3, 0.4) is 0 Å². The van der Waals surface area contributed by atoms with E-state index in [0.29, 0.717) is 22.6 Å². The highest BCUT2D eigenvalue weighted by Gasteiger charge is 2.27. The molecule has 0 radical (unpaired) electrons. The van der Waals surface area contributed by atoms with Gasteiger partial charge in [0.15, 0.2) is 18.1 Å². The molecule has 1 heterocycles. The average molecular weight is 449 g/mol. The van der Waals surface area contributed by atoms with Gasteiger partial charge in [-0.2, -0.15) is 0 Å². The zero-order valence-corrected chi connectivity index (χ0v) is 17.2. The average Bonchev–Trinajstić information content (AvgIpc) is 3.03. The van der Waals surface area contributed by atoms with Crippen LogP contribution in [0.1, 0.15) is 31.8 Å². The number of rotatable bonds is 5. The first kappa shape index (κ1) is 19.2. The zero-order valence-electron chi connectivity index (χ0n) is 15.6. The third-order valence-corrected chi connectivity index (χ3v) is 5.08. The summed E-state index contributed by atoms with van der Waals surface area (Å²) in [7, 11) is 0. The molecule has 4 nitrogen and oxygen atoms in total. The molecule has 0 aliphatic carbocycles. The molecule has 3 aromatic carbocycles. The first-order valence-corrected chi connectivity index (χ1v) is 9.85. The molecule has 0 saturated carbocycles. The Balaban J connectivity index is 1.46. The number of carbonyl (C=O) groups excluding carboxylic acids is 2. The summed E-state index contributed by atoms with van der Waals surface area (Å²) in [6.07, 6.45) is 1.72. The highest BCUT2D eigenvalue weighted by molar-refractivity contribution is 9.10. The van der Waals surface area contributed by atoms with Gasteiger partial charge in [-0.05, 0) is 42.8 Å². The van der Waals surface area contributed by atoms with E-state index >= 15 is 0 Å². The van der Waals surface area contributed by atoms with E-state index in [1.165, 1.54) is 0 Å². The van der Waals surface area contributed by atoms with Gasteiger partial charge >= 0.3 is 0 Å². The summed E-state index contributed by atoms with van der Waals surface area (Å²) >= 11 is 3.34. The van der Waals surface area contributed by atoms with Crippen molar-refractivity contribution in [1.82, 2.24) is 0 Å². The number of Topliss-reactive ketones (excluding diaryl/α,β-unsaturated/α-hetero) is 2. The molecule has 3 aromatic rings. The molecular weight excluding hydrogens is 432 g/mol. The Morgan fingerprint density at radius 3 is 2.48 bits per heavy atom. The number of ketones is 2. The Morgan fingerprint density at radius 2 is 1.76 bits per heavy atom. The minimum absolute atomic E-state index is 0.0968. The van der Waals surface area contributed by atoms with E-state index in [1.807, 2.05) is 43.3 Å². The Bertz CT molecular complexity index is 1110. The maximum absolute atomic E-state index is 12.6. The van der Waals surface area contributed by atoms with Crippen molar-refractivity contribution in [2.45, 2.75) is 6.92 Å². The molecule has 144 valence electrons. The maximum atomic E-state index is 12.6. The van der Waals surface area contributed by atoms with Gasteiger partial charge in [0.25, 0.3) is 0 Å². The number of fused-ring (bicyclic) bond motifs is 1. The number of hydrogen-bond acceptors (Lipinski definition) is 4. The molecule has 1 aliphatic heterocycles. The van der Waals surface area contributed by atoms with Crippen LogP contribution in [-0.4, -0.2) is 18.2 Å². The number of ether oxygens (including phenoxy) is 2. The van der Waals surface area contributed by atoms with Crippen LogP contribution < -0.4 is 9.47 Å². The molecule has 0 fully saturated rings. The monoisotopic (exact) mass is 448 g/mol. The van der Waals surface area contributed by atoms with Crippen molar-refractivity contribution in [2.75, 3.05) is 6.61 Å². The maximum Gasteiger partial charge on any atom is 0.231 e. The lowest BCUT2D eigenvalue weighted by molar-refractivity contribution is 0.0921. The molecule has 29 heavy (non-hydrogen) atoms. The van der Waals surface area contributed by atoms with Crippen LogP contribution in [0.5, 0.6) is 11.5 Å². The Labute approximate surface area is 176 Å². The van der Waals surface area contributed by atoms with Crippen molar-refractivity contribution in [3.05, 3.63) is 99.2 Å². The van der Waals surface area contributed by atoms with Gasteiger partial charge in [-0.15, -0.1) is 0 Å². The van der Waals surface area contributed by atoms with E-state index in [1.54, 1.807) is 36.4 Å². The van der Waals surface area contributed by atoms with Gasteiger partial charge in [-0.1, -0.05) is 57.9 Å². The van der Waals surface area contributed by atoms with Gasteiger partial charge < -0.3 is 9.47 Å². The van der Waals surface area contributed by atoms with Crippen molar-refractivity contribution in [3.8, 4) is 11.5 Å². The second kappa shape index (κ2) is 8.05. The van der Waals surface area contributed by atoms with Crippen LogP contribution in [0.25, 0.3) is 6.08 Å². The van der Waals surface area contributed by atoms with Crippen LogP contribution in [0.2, 0.25) is 0 Å². The minimum Gasteiger partial charge on any atom is -0.485 e. The first-order chi connectivity index (χ1) is 14.0. The van der Waals surface area contributed by atoms with Gasteiger partial charge in [0, 0.05) is 16.1 Å². The normalized spacial score (nSPS) is 13.9. The number of aryl methyl sites for hydroxylation is 1. The summed E-state index contributed by atoms with van der Waals surface area (Å²) in [5.74, 6) is 0.875. The van der Waals surface area contributed by atoms with E-state index in [9.17, 15) is 9.59 Å². The lowest BCUT2D eigenvalue weighted by atomic mass is 10.1. The number of halogens is 1. The summed E-state index contributed by atoms with van der Waals surface area (Å²) < 4.78 is 12.3. The molecule has 0 amide bonds. The van der Waals surface area contributed by atoms with Gasteiger partial charge in [0.1, 0.15) is 11.5 Å². The fourth-order valence-corrected chi connectivity index (χ4v) is 3.20. The van der Waals surface area contributed by atoms with Gasteiger partial charge in [0.2, 0.25) is 5.78 Å². The summed E-state index contributed by atoms with van der Waals surface area (Å²) in [5.41, 5.74) is 3.09. The zero-order chi connectivity index (χ0) is 20.4. The summed E-state index contributed by atoms with van der Waals surface area (Å²) in [4.78, 5) is 24.8. The van der Waals surface area contributed by atoms with E-state index in [4.69, 9.17) is 9.47 Å². The van der Waals surface area contributed by atoms with E-state index in [-0.39, 0.29) is 23.9 Å². The number of benzene rings is 3. The van der Waals surface area contributed by atoms with Crippen molar-refractivity contribution in [1.29, 1.82) is 0 Å². The predicted molar refractivity (Wildman–Crippen MR) is 115 cm³/mol. The molecule has 0 atom stereocenters. The standard InChI is InChI=1S/C24H17BrO4/c1-15-2-4-16(5-3-15)12-23-24(27)20-11-10-19(13-22(20)29-23)28-14-21(26)17-6-8-18(25)9-7-17/h2-13H,14H2,1H3. The molecular formula is C24H17BrO4. The molecule has 0 aromatic heterocycles. The van der Waals surface area contributed by atoms with Crippen molar-refractivity contribution in [3.63, 3.8) is 0 Å². The lowest BCUT2D eigenvalue weighted by Crippen LogP contribution is -2.11. The van der Waals surface area contributed by atoms with Crippen LogP contribution in [0.15, 0.2) is 77.0 Å². The Hall–Kier alpha value is -3.18. The number of hydrogen-bond donors (Lipinski definition) is 0. The highest BCUT2D eigenvalue weighted by Crippen LogP contribution is 2.35. The summed E-state index contributed by atoms with van der Waals surface area (Å²) in [6.45, 7) is 1.91. The lowest BCUT2D eigenvalue weighted by Gasteiger charge is -2.07. The molecule has 0 spiro atoms. The molecule has 0 N–H and O–H groups in total. The largest absolute Gasteiger partial charge is 0.485 e. The van der Waals surface area contributed by atoms with Gasteiger partial charge in [-0.25, -0.2) is 0 Å². The smallest absolute Gasteiger partial charge is 0.231 e. The molecule has 0 bridgehead atoms. The minimum atomic E-state index is -0.168. The predicted octanol–water partition coefficient (Wildman–Crippen LogP) is 5.64. The second-order valence-corrected chi connectivity index (χ2v) is 7.64. The summed E-state index contributed by atoms with van der Waals surface area (Å²) in [6, 6.07) is 19.9. The van der Waals surface area contributed by atoms with Crippen LogP contribution >= 0.6 is 15.9 Å². The van der Waals surface area contributed by atoms with E-state index in [2.05, 4.69) is 15.9 Å². The van der Waals surface area contributed by atoms with Gasteiger partial charge in [0.05, 0.1) is 5.56 Å². The van der Waals surface area contributed by atoms with E-state index in [0.717, 1.165) is 15.6 Å². The van der Waals surface area contributed by atoms with Crippen LogP contribution in [-0.2, 0) is 0 Å². The van der Waals surface area contributed by atoms with Crippen LogP contribution in [0, 0.1) is 6.92 Å². The van der Waals surface area contributed by atoms with Crippen molar-refractivity contribution in [2.24, 2.45) is 0 Å². The van der Waals surface area contributed by atoms with Crippen molar-refractivity contribution < 1.29 is 19.1 Å². The topological polar surface area (TPSA) is 52.6 Å². The SMILES string of the molecule is Cc1ccc(C=C2Oc3cc(OCC(=O)c4ccc(Br)cc4)ccc3C2=O)cc1. The Morgan fingerprint density at radius 1 is 1.03 bits per heavy atom. The first-order valence-electron chi connectivity index (χ1n) is 9.06. The molecule has 0 unspecified atom stereocenters. The summed E-state index contributed by atoms with van der Waals surface area (Å²) in [5, 5.41) is 0. The third-order valence-electron chi connectivity index (χ3n) is 4.55. The molecule has 0 saturated heterocycles. The third kappa shape index (κ3) is 4.30. The molecule has 1 aliphatic rings. The molecule has 4 rings (SSSR count). The second-order valence-electron chi connectivity index (χ2n) is 6.73. The quantitative estimate of drug-likeness (QED) is 0.374. The van der Waals surface area contributed by atoms with Gasteiger partial charge in [-0.3, -0.25) is 9.59 Å². The van der Waals surface area contributed by atoms with Crippen molar-refractivity contribution >= 4 is 33.6 Å². The van der Waals surface area contributed by atoms with E-state index < -0.39 is 0 Å².